The number of halogens is 2. The fourth-order valence-electron chi connectivity index (χ4n) is 1.23. The van der Waals surface area contributed by atoms with Gasteiger partial charge in [0.05, 0.1) is 16.9 Å². The molecule has 0 atom stereocenters. The molecule has 0 unspecified atom stereocenters. The maximum Gasteiger partial charge on any atom is 0.273 e. The second kappa shape index (κ2) is 4.46. The highest BCUT2D eigenvalue weighted by Gasteiger charge is 2.15. The van der Waals surface area contributed by atoms with Crippen molar-refractivity contribution in [2.24, 2.45) is 0 Å². The average Bonchev–Trinajstić information content (AvgIpc) is 2.76. The number of nitro benzene ring substituents is 1. The first-order valence-corrected chi connectivity index (χ1v) is 4.97. The normalized spacial score (nSPS) is 10.5. The quantitative estimate of drug-likeness (QED) is 0.479. The summed E-state index contributed by atoms with van der Waals surface area (Å²) in [4.78, 5) is 13.7. The smallest absolute Gasteiger partial charge is 0.273 e. The zero-order valence-electron chi connectivity index (χ0n) is 8.26. The van der Waals surface area contributed by atoms with Gasteiger partial charge in [-0.15, -0.1) is 11.6 Å². The molecule has 6 nitrogen and oxygen atoms in total. The van der Waals surface area contributed by atoms with Crippen molar-refractivity contribution < 1.29 is 13.8 Å². The van der Waals surface area contributed by atoms with E-state index in [9.17, 15) is 14.5 Å². The summed E-state index contributed by atoms with van der Waals surface area (Å²) >= 11 is 5.47. The van der Waals surface area contributed by atoms with Crippen LogP contribution in [0.1, 0.15) is 5.82 Å². The number of rotatable bonds is 3. The van der Waals surface area contributed by atoms with E-state index in [1.807, 2.05) is 0 Å². The third-order valence-electron chi connectivity index (χ3n) is 1.93. The molecular formula is C9H5ClFN3O3. The van der Waals surface area contributed by atoms with Crippen LogP contribution in [0.15, 0.2) is 22.7 Å². The molecule has 0 radical (unpaired) electrons. The Labute approximate surface area is 99.2 Å². The fraction of sp³-hybridized carbons (Fsp3) is 0.111. The molecular weight excluding hydrogens is 253 g/mol. The van der Waals surface area contributed by atoms with Crippen molar-refractivity contribution in [2.75, 3.05) is 0 Å². The molecule has 1 aromatic carbocycles. The predicted molar refractivity (Wildman–Crippen MR) is 55.9 cm³/mol. The van der Waals surface area contributed by atoms with E-state index in [4.69, 9.17) is 16.1 Å². The summed E-state index contributed by atoms with van der Waals surface area (Å²) in [5, 5.41) is 14.1. The minimum Gasteiger partial charge on any atom is -0.334 e. The molecule has 0 aliphatic carbocycles. The molecule has 0 N–H and O–H groups in total. The van der Waals surface area contributed by atoms with Gasteiger partial charge in [0.2, 0.25) is 0 Å². The van der Waals surface area contributed by atoms with E-state index in [2.05, 4.69) is 10.1 Å². The molecule has 2 aromatic rings. The molecule has 0 saturated carbocycles. The van der Waals surface area contributed by atoms with Gasteiger partial charge in [-0.05, 0) is 6.07 Å². The van der Waals surface area contributed by atoms with Crippen LogP contribution < -0.4 is 0 Å². The van der Waals surface area contributed by atoms with Gasteiger partial charge in [0.1, 0.15) is 5.82 Å². The summed E-state index contributed by atoms with van der Waals surface area (Å²) in [7, 11) is 0. The lowest BCUT2D eigenvalue weighted by Gasteiger charge is -1.96. The largest absolute Gasteiger partial charge is 0.334 e. The molecule has 0 spiro atoms. The van der Waals surface area contributed by atoms with Gasteiger partial charge >= 0.3 is 0 Å². The summed E-state index contributed by atoms with van der Waals surface area (Å²) in [6.45, 7) is 0. The Morgan fingerprint density at radius 3 is 2.82 bits per heavy atom. The molecule has 0 amide bonds. The van der Waals surface area contributed by atoms with Crippen molar-refractivity contribution in [1.82, 2.24) is 10.1 Å². The van der Waals surface area contributed by atoms with Crippen LogP contribution >= 0.6 is 11.6 Å². The molecule has 1 heterocycles. The zero-order valence-corrected chi connectivity index (χ0v) is 9.02. The number of hydrogen-bond donors (Lipinski definition) is 0. The average molecular weight is 258 g/mol. The molecule has 2 rings (SSSR count). The van der Waals surface area contributed by atoms with E-state index in [1.54, 1.807) is 0 Å². The number of benzene rings is 1. The van der Waals surface area contributed by atoms with Gasteiger partial charge in [0, 0.05) is 11.6 Å². The van der Waals surface area contributed by atoms with Crippen LogP contribution in [-0.4, -0.2) is 15.1 Å². The Hall–Kier alpha value is -2.02. The van der Waals surface area contributed by atoms with Crippen molar-refractivity contribution in [3.8, 4) is 11.5 Å². The van der Waals surface area contributed by atoms with Crippen molar-refractivity contribution in [3.63, 3.8) is 0 Å². The minimum absolute atomic E-state index is 0.0109. The molecule has 8 heteroatoms. The molecule has 17 heavy (non-hydrogen) atoms. The number of nitro groups is 1. The van der Waals surface area contributed by atoms with Gasteiger partial charge in [-0.3, -0.25) is 10.1 Å². The Balaban J connectivity index is 2.47. The lowest BCUT2D eigenvalue weighted by Crippen LogP contribution is -1.90. The third-order valence-corrected chi connectivity index (χ3v) is 2.17. The van der Waals surface area contributed by atoms with Gasteiger partial charge in [0.25, 0.3) is 11.6 Å². The second-order valence-corrected chi connectivity index (χ2v) is 3.37. The summed E-state index contributed by atoms with van der Waals surface area (Å²) in [6, 6.07) is 3.02. The lowest BCUT2D eigenvalue weighted by molar-refractivity contribution is -0.385. The summed E-state index contributed by atoms with van der Waals surface area (Å²) in [5.74, 6) is -0.488. The number of alkyl halides is 1. The number of aromatic nitrogens is 2. The summed E-state index contributed by atoms with van der Waals surface area (Å²) < 4.78 is 17.9. The van der Waals surface area contributed by atoms with Gasteiger partial charge in [-0.25, -0.2) is 4.39 Å². The van der Waals surface area contributed by atoms with E-state index in [0.29, 0.717) is 0 Å². The molecule has 0 aliphatic rings. The molecule has 0 aliphatic heterocycles. The fourth-order valence-corrected chi connectivity index (χ4v) is 1.34. The van der Waals surface area contributed by atoms with Gasteiger partial charge < -0.3 is 4.52 Å². The topological polar surface area (TPSA) is 82.1 Å². The first kappa shape index (κ1) is 11.5. The van der Waals surface area contributed by atoms with Crippen LogP contribution in [0, 0.1) is 15.9 Å². The van der Waals surface area contributed by atoms with Crippen LogP contribution in [0.3, 0.4) is 0 Å². The SMILES string of the molecule is O=[N+]([O-])c1cc(F)cc(-c2nc(CCl)no2)c1. The number of nitrogens with zero attached hydrogens (tertiary/aromatic N) is 3. The monoisotopic (exact) mass is 257 g/mol. The van der Waals surface area contributed by atoms with Gasteiger partial charge in [0.15, 0.2) is 5.82 Å². The Morgan fingerprint density at radius 2 is 2.24 bits per heavy atom. The summed E-state index contributed by atoms with van der Waals surface area (Å²) in [5.41, 5.74) is -0.244. The van der Waals surface area contributed by atoms with Crippen molar-refractivity contribution >= 4 is 17.3 Å². The van der Waals surface area contributed by atoms with Crippen LogP contribution in [0.4, 0.5) is 10.1 Å². The Kier molecular flexibility index (Phi) is 3.01. The third kappa shape index (κ3) is 2.39. The standard InChI is InChI=1S/C9H5ClFN3O3/c10-4-8-12-9(17-13-8)5-1-6(11)3-7(2-5)14(15)16/h1-3H,4H2. The van der Waals surface area contributed by atoms with E-state index in [-0.39, 0.29) is 28.8 Å². The van der Waals surface area contributed by atoms with E-state index in [1.165, 1.54) is 0 Å². The lowest BCUT2D eigenvalue weighted by atomic mass is 10.2. The van der Waals surface area contributed by atoms with Gasteiger partial charge in [-0.1, -0.05) is 5.16 Å². The minimum atomic E-state index is -0.750. The van der Waals surface area contributed by atoms with E-state index in [0.717, 1.165) is 18.2 Å². The Bertz CT molecular complexity index is 572. The first-order chi connectivity index (χ1) is 8.10. The maximum atomic E-state index is 13.1. The first-order valence-electron chi connectivity index (χ1n) is 4.44. The highest BCUT2D eigenvalue weighted by Crippen LogP contribution is 2.24. The number of non-ortho nitro benzene ring substituents is 1. The van der Waals surface area contributed by atoms with Crippen LogP contribution in [0.25, 0.3) is 11.5 Å². The number of hydrogen-bond acceptors (Lipinski definition) is 5. The van der Waals surface area contributed by atoms with Crippen molar-refractivity contribution in [3.05, 3.63) is 40.0 Å². The molecule has 0 saturated heterocycles. The molecule has 0 fully saturated rings. The molecule has 0 bridgehead atoms. The highest BCUT2D eigenvalue weighted by atomic mass is 35.5. The van der Waals surface area contributed by atoms with Crippen molar-refractivity contribution in [2.45, 2.75) is 5.88 Å². The predicted octanol–water partition coefficient (Wildman–Crippen LogP) is 2.52. The molecule has 88 valence electrons. The highest BCUT2D eigenvalue weighted by molar-refractivity contribution is 6.16. The zero-order chi connectivity index (χ0) is 12.4. The van der Waals surface area contributed by atoms with Crippen molar-refractivity contribution in [1.29, 1.82) is 0 Å². The molecule has 1 aromatic heterocycles. The van der Waals surface area contributed by atoms with Crippen LogP contribution in [0.5, 0.6) is 0 Å². The van der Waals surface area contributed by atoms with Gasteiger partial charge in [-0.2, -0.15) is 4.98 Å². The van der Waals surface area contributed by atoms with E-state index < -0.39 is 10.7 Å². The Morgan fingerprint density at radius 1 is 1.47 bits per heavy atom. The van der Waals surface area contributed by atoms with E-state index >= 15 is 0 Å². The summed E-state index contributed by atoms with van der Waals surface area (Å²) in [6.07, 6.45) is 0. The van der Waals surface area contributed by atoms with Crippen LogP contribution in [0.2, 0.25) is 0 Å². The second-order valence-electron chi connectivity index (χ2n) is 3.10. The van der Waals surface area contributed by atoms with Crippen LogP contribution in [-0.2, 0) is 5.88 Å². The maximum absolute atomic E-state index is 13.1.